The lowest BCUT2D eigenvalue weighted by Gasteiger charge is -2.03. The van der Waals surface area contributed by atoms with Crippen LogP contribution in [-0.4, -0.2) is 52.4 Å². The lowest BCUT2D eigenvalue weighted by atomic mass is 10.1. The van der Waals surface area contributed by atoms with E-state index in [0.717, 1.165) is 5.56 Å². The average molecular weight is 304 g/mol. The molecule has 1 aromatic heterocycles. The summed E-state index contributed by atoms with van der Waals surface area (Å²) in [7, 11) is 0. The molecule has 0 saturated carbocycles. The lowest BCUT2D eigenvalue weighted by Crippen LogP contribution is -2.28. The van der Waals surface area contributed by atoms with Crippen molar-refractivity contribution in [3.05, 3.63) is 47.3 Å². The Labute approximate surface area is 128 Å². The zero-order valence-corrected chi connectivity index (χ0v) is 12.5. The summed E-state index contributed by atoms with van der Waals surface area (Å²) in [5, 5.41) is 19.5. The number of carbonyl (C=O) groups is 1. The van der Waals surface area contributed by atoms with Gasteiger partial charge >= 0.3 is 0 Å². The van der Waals surface area contributed by atoms with Crippen LogP contribution in [0.5, 0.6) is 0 Å². The highest BCUT2D eigenvalue weighted by atomic mass is 16.5. The largest absolute Gasteiger partial charge is 0.394 e. The second-order valence-corrected chi connectivity index (χ2v) is 4.84. The van der Waals surface area contributed by atoms with Gasteiger partial charge in [0.05, 0.1) is 32.6 Å². The number of aliphatic hydroxyl groups excluding tert-OH is 1. The first-order chi connectivity index (χ1) is 10.7. The number of hydrogen-bond acceptors (Lipinski definition) is 5. The number of nitrogens with one attached hydrogen (secondary N) is 1. The number of amides is 1. The van der Waals surface area contributed by atoms with Crippen LogP contribution < -0.4 is 5.32 Å². The molecule has 118 valence electrons. The van der Waals surface area contributed by atoms with E-state index in [4.69, 9.17) is 9.84 Å². The third-order valence-corrected chi connectivity index (χ3v) is 2.98. The first kappa shape index (κ1) is 16.1. The number of aliphatic hydroxyl groups is 1. The van der Waals surface area contributed by atoms with Crippen molar-refractivity contribution in [3.63, 3.8) is 0 Å². The standard InChI is InChI=1S/C15H20N4O3/c1-12-2-4-13(5-3-12)11-19-17-10-14(18-19)15(21)16-6-8-22-9-7-20/h2-5,10,20H,6-9,11H2,1H3,(H,16,21). The van der Waals surface area contributed by atoms with E-state index in [1.165, 1.54) is 16.6 Å². The Kier molecular flexibility index (Phi) is 6.05. The van der Waals surface area contributed by atoms with Gasteiger partial charge in [-0.3, -0.25) is 4.79 Å². The Morgan fingerprint density at radius 1 is 1.32 bits per heavy atom. The van der Waals surface area contributed by atoms with E-state index < -0.39 is 0 Å². The first-order valence-corrected chi connectivity index (χ1v) is 7.11. The van der Waals surface area contributed by atoms with Crippen LogP contribution in [0.2, 0.25) is 0 Å². The van der Waals surface area contributed by atoms with Gasteiger partial charge < -0.3 is 15.2 Å². The maximum atomic E-state index is 11.9. The Morgan fingerprint density at radius 2 is 2.09 bits per heavy atom. The lowest BCUT2D eigenvalue weighted by molar-refractivity contribution is 0.0834. The van der Waals surface area contributed by atoms with Crippen molar-refractivity contribution in [1.82, 2.24) is 20.3 Å². The van der Waals surface area contributed by atoms with E-state index >= 15 is 0 Å². The highest BCUT2D eigenvalue weighted by molar-refractivity contribution is 5.91. The van der Waals surface area contributed by atoms with Crippen LogP contribution >= 0.6 is 0 Å². The molecule has 0 aliphatic heterocycles. The number of benzene rings is 1. The van der Waals surface area contributed by atoms with Crippen LogP contribution in [0.25, 0.3) is 0 Å². The van der Waals surface area contributed by atoms with Crippen molar-refractivity contribution in [2.75, 3.05) is 26.4 Å². The van der Waals surface area contributed by atoms with Crippen LogP contribution in [0.4, 0.5) is 0 Å². The van der Waals surface area contributed by atoms with E-state index in [1.807, 2.05) is 31.2 Å². The van der Waals surface area contributed by atoms with Crippen LogP contribution in [0.1, 0.15) is 21.6 Å². The highest BCUT2D eigenvalue weighted by Crippen LogP contribution is 2.04. The molecule has 7 nitrogen and oxygen atoms in total. The molecule has 1 aromatic carbocycles. The van der Waals surface area contributed by atoms with Gasteiger partial charge in [0.25, 0.3) is 5.91 Å². The fourth-order valence-corrected chi connectivity index (χ4v) is 1.83. The van der Waals surface area contributed by atoms with Gasteiger partial charge in [0.1, 0.15) is 0 Å². The molecule has 0 atom stereocenters. The number of ether oxygens (including phenoxy) is 1. The number of aromatic nitrogens is 3. The monoisotopic (exact) mass is 304 g/mol. The van der Waals surface area contributed by atoms with Gasteiger partial charge in [0.15, 0.2) is 5.69 Å². The van der Waals surface area contributed by atoms with E-state index in [2.05, 4.69) is 15.5 Å². The molecule has 0 radical (unpaired) electrons. The molecule has 0 bridgehead atoms. The molecule has 2 rings (SSSR count). The molecule has 2 aromatic rings. The van der Waals surface area contributed by atoms with Gasteiger partial charge in [-0.2, -0.15) is 9.90 Å². The average Bonchev–Trinajstić information content (AvgIpc) is 2.98. The van der Waals surface area contributed by atoms with E-state index in [9.17, 15) is 4.79 Å². The number of rotatable bonds is 8. The maximum absolute atomic E-state index is 11.9. The summed E-state index contributed by atoms with van der Waals surface area (Å²) in [4.78, 5) is 13.3. The summed E-state index contributed by atoms with van der Waals surface area (Å²) in [6.07, 6.45) is 1.44. The molecule has 1 heterocycles. The van der Waals surface area contributed by atoms with Crippen molar-refractivity contribution in [2.24, 2.45) is 0 Å². The minimum absolute atomic E-state index is 0.0265. The maximum Gasteiger partial charge on any atom is 0.273 e. The minimum atomic E-state index is -0.289. The molecule has 2 N–H and O–H groups in total. The van der Waals surface area contributed by atoms with Crippen LogP contribution in [0.15, 0.2) is 30.5 Å². The Bertz CT molecular complexity index is 595. The van der Waals surface area contributed by atoms with Gasteiger partial charge in [0.2, 0.25) is 0 Å². The molecule has 0 saturated heterocycles. The van der Waals surface area contributed by atoms with Crippen molar-refractivity contribution in [1.29, 1.82) is 0 Å². The second-order valence-electron chi connectivity index (χ2n) is 4.84. The molecule has 0 spiro atoms. The normalized spacial score (nSPS) is 10.6. The van der Waals surface area contributed by atoms with Gasteiger partial charge in [-0.1, -0.05) is 29.8 Å². The SMILES string of the molecule is Cc1ccc(Cn2ncc(C(=O)NCCOCCO)n2)cc1. The molecule has 22 heavy (non-hydrogen) atoms. The van der Waals surface area contributed by atoms with Gasteiger partial charge in [0, 0.05) is 6.54 Å². The number of aryl methyl sites for hydroxylation is 1. The predicted molar refractivity (Wildman–Crippen MR) is 80.5 cm³/mol. The van der Waals surface area contributed by atoms with E-state index in [0.29, 0.717) is 19.7 Å². The van der Waals surface area contributed by atoms with Crippen LogP contribution in [0.3, 0.4) is 0 Å². The molecular formula is C15H20N4O3. The third kappa shape index (κ3) is 4.94. The zero-order chi connectivity index (χ0) is 15.8. The summed E-state index contributed by atoms with van der Waals surface area (Å²) in [5.41, 5.74) is 2.54. The second kappa shape index (κ2) is 8.26. The summed E-state index contributed by atoms with van der Waals surface area (Å²) in [6.45, 7) is 3.51. The Balaban J connectivity index is 1.82. The number of carbonyl (C=O) groups excluding carboxylic acids is 1. The minimum Gasteiger partial charge on any atom is -0.394 e. The molecule has 1 amide bonds. The Hall–Kier alpha value is -2.25. The highest BCUT2D eigenvalue weighted by Gasteiger charge is 2.10. The van der Waals surface area contributed by atoms with E-state index in [-0.39, 0.29) is 24.8 Å². The topological polar surface area (TPSA) is 89.3 Å². The summed E-state index contributed by atoms with van der Waals surface area (Å²) in [5.74, 6) is -0.289. The molecule has 7 heteroatoms. The van der Waals surface area contributed by atoms with Crippen molar-refractivity contribution in [2.45, 2.75) is 13.5 Å². The summed E-state index contributed by atoms with van der Waals surface area (Å²) >= 11 is 0. The van der Waals surface area contributed by atoms with Crippen LogP contribution in [0, 0.1) is 6.92 Å². The fraction of sp³-hybridized carbons (Fsp3) is 0.400. The fourth-order valence-electron chi connectivity index (χ4n) is 1.83. The Morgan fingerprint density at radius 3 is 2.82 bits per heavy atom. The first-order valence-electron chi connectivity index (χ1n) is 7.11. The van der Waals surface area contributed by atoms with Crippen molar-refractivity contribution < 1.29 is 14.6 Å². The third-order valence-electron chi connectivity index (χ3n) is 2.98. The number of nitrogens with zero attached hydrogens (tertiary/aromatic N) is 3. The smallest absolute Gasteiger partial charge is 0.273 e. The van der Waals surface area contributed by atoms with Gasteiger partial charge in [-0.05, 0) is 12.5 Å². The summed E-state index contributed by atoms with van der Waals surface area (Å²) < 4.78 is 5.06. The van der Waals surface area contributed by atoms with Crippen LogP contribution in [-0.2, 0) is 11.3 Å². The van der Waals surface area contributed by atoms with Crippen molar-refractivity contribution in [3.8, 4) is 0 Å². The quantitative estimate of drug-likeness (QED) is 0.688. The molecule has 0 aliphatic carbocycles. The van der Waals surface area contributed by atoms with Gasteiger partial charge in [-0.25, -0.2) is 0 Å². The number of hydrogen-bond donors (Lipinski definition) is 2. The molecular weight excluding hydrogens is 284 g/mol. The predicted octanol–water partition coefficient (Wildman–Crippen LogP) is 0.374. The van der Waals surface area contributed by atoms with Crippen molar-refractivity contribution >= 4 is 5.91 Å². The van der Waals surface area contributed by atoms with Gasteiger partial charge in [-0.15, -0.1) is 5.10 Å². The molecule has 0 unspecified atom stereocenters. The molecule has 0 fully saturated rings. The zero-order valence-electron chi connectivity index (χ0n) is 12.5. The van der Waals surface area contributed by atoms with E-state index in [1.54, 1.807) is 0 Å². The molecule has 0 aliphatic rings. The summed E-state index contributed by atoms with van der Waals surface area (Å²) in [6, 6.07) is 8.07.